The first-order valence-corrected chi connectivity index (χ1v) is 7.21. The Balaban J connectivity index is 1.92. The number of hydrogen-bond acceptors (Lipinski definition) is 2. The molecule has 0 spiro atoms. The summed E-state index contributed by atoms with van der Waals surface area (Å²) in [6, 6.07) is 17.7. The minimum atomic E-state index is -0.0962. The predicted octanol–water partition coefficient (Wildman–Crippen LogP) is 3.44. The standard InChI is InChI=1S/C18H22N2O/c1-14-7-6-10-16(13-14)20(2)18(21)12-11-17(19)15-8-4-3-5-9-15/h3-10,13,17H,11-12,19H2,1-2H3. The molecule has 0 aliphatic carbocycles. The van der Waals surface area contributed by atoms with Crippen molar-refractivity contribution in [2.24, 2.45) is 5.73 Å². The monoisotopic (exact) mass is 282 g/mol. The number of anilines is 1. The highest BCUT2D eigenvalue weighted by molar-refractivity contribution is 5.92. The van der Waals surface area contributed by atoms with Crippen LogP contribution in [0.25, 0.3) is 0 Å². The van der Waals surface area contributed by atoms with Crippen molar-refractivity contribution in [3.8, 4) is 0 Å². The van der Waals surface area contributed by atoms with E-state index in [0.717, 1.165) is 16.8 Å². The fourth-order valence-corrected chi connectivity index (χ4v) is 2.29. The second-order valence-corrected chi connectivity index (χ2v) is 5.35. The maximum Gasteiger partial charge on any atom is 0.226 e. The highest BCUT2D eigenvalue weighted by Crippen LogP contribution is 2.19. The maximum absolute atomic E-state index is 12.3. The van der Waals surface area contributed by atoms with Gasteiger partial charge in [-0.25, -0.2) is 0 Å². The molecule has 0 radical (unpaired) electrons. The normalized spacial score (nSPS) is 12.0. The maximum atomic E-state index is 12.3. The number of nitrogens with two attached hydrogens (primary N) is 1. The third-order valence-corrected chi connectivity index (χ3v) is 3.66. The van der Waals surface area contributed by atoms with Gasteiger partial charge in [-0.15, -0.1) is 0 Å². The van der Waals surface area contributed by atoms with Gasteiger partial charge in [-0.3, -0.25) is 4.79 Å². The zero-order valence-corrected chi connectivity index (χ0v) is 12.6. The Morgan fingerprint density at radius 3 is 2.52 bits per heavy atom. The van der Waals surface area contributed by atoms with E-state index in [-0.39, 0.29) is 11.9 Å². The Hall–Kier alpha value is -2.13. The number of nitrogens with zero attached hydrogens (tertiary/aromatic N) is 1. The Bertz CT molecular complexity index is 595. The van der Waals surface area contributed by atoms with Gasteiger partial charge >= 0.3 is 0 Å². The Kier molecular flexibility index (Phi) is 5.12. The lowest BCUT2D eigenvalue weighted by molar-refractivity contribution is -0.118. The summed E-state index contributed by atoms with van der Waals surface area (Å²) in [5.74, 6) is 0.0898. The third kappa shape index (κ3) is 4.17. The molecule has 1 atom stereocenters. The van der Waals surface area contributed by atoms with Crippen LogP contribution in [0.1, 0.15) is 30.0 Å². The number of rotatable bonds is 5. The lowest BCUT2D eigenvalue weighted by Gasteiger charge is -2.19. The Morgan fingerprint density at radius 2 is 1.86 bits per heavy atom. The lowest BCUT2D eigenvalue weighted by Crippen LogP contribution is -2.27. The van der Waals surface area contributed by atoms with Crippen LogP contribution in [0, 0.1) is 6.92 Å². The summed E-state index contributed by atoms with van der Waals surface area (Å²) in [5, 5.41) is 0. The summed E-state index contributed by atoms with van der Waals surface area (Å²) in [7, 11) is 1.81. The van der Waals surface area contributed by atoms with Crippen LogP contribution in [-0.2, 0) is 4.79 Å². The molecule has 21 heavy (non-hydrogen) atoms. The van der Waals surface area contributed by atoms with Gasteiger partial charge in [0.05, 0.1) is 0 Å². The largest absolute Gasteiger partial charge is 0.324 e. The third-order valence-electron chi connectivity index (χ3n) is 3.66. The quantitative estimate of drug-likeness (QED) is 0.913. The molecule has 1 amide bonds. The van der Waals surface area contributed by atoms with Gasteiger partial charge < -0.3 is 10.6 Å². The number of benzene rings is 2. The zero-order chi connectivity index (χ0) is 15.2. The van der Waals surface area contributed by atoms with E-state index >= 15 is 0 Å². The number of hydrogen-bond donors (Lipinski definition) is 1. The van der Waals surface area contributed by atoms with E-state index in [2.05, 4.69) is 0 Å². The summed E-state index contributed by atoms with van der Waals surface area (Å²) in [6.07, 6.45) is 1.10. The fourth-order valence-electron chi connectivity index (χ4n) is 2.29. The van der Waals surface area contributed by atoms with Crippen molar-refractivity contribution in [2.75, 3.05) is 11.9 Å². The van der Waals surface area contributed by atoms with E-state index in [4.69, 9.17) is 5.73 Å². The predicted molar refractivity (Wildman–Crippen MR) is 87.2 cm³/mol. The van der Waals surface area contributed by atoms with Gasteiger partial charge in [-0.2, -0.15) is 0 Å². The van der Waals surface area contributed by atoms with Crippen LogP contribution >= 0.6 is 0 Å². The van der Waals surface area contributed by atoms with Crippen LogP contribution in [0.15, 0.2) is 54.6 Å². The number of carbonyl (C=O) groups is 1. The highest BCUT2D eigenvalue weighted by atomic mass is 16.2. The van der Waals surface area contributed by atoms with Gasteiger partial charge in [0.15, 0.2) is 0 Å². The Labute approximate surface area is 126 Å². The highest BCUT2D eigenvalue weighted by Gasteiger charge is 2.13. The Morgan fingerprint density at radius 1 is 1.14 bits per heavy atom. The molecule has 0 aliphatic heterocycles. The van der Waals surface area contributed by atoms with Gasteiger partial charge in [-0.1, -0.05) is 42.5 Å². The smallest absolute Gasteiger partial charge is 0.226 e. The molecule has 2 aromatic rings. The summed E-state index contributed by atoms with van der Waals surface area (Å²) in [4.78, 5) is 14.0. The molecule has 110 valence electrons. The number of aryl methyl sites for hydroxylation is 1. The molecule has 0 bridgehead atoms. The fraction of sp³-hybridized carbons (Fsp3) is 0.278. The van der Waals surface area contributed by atoms with Crippen molar-refractivity contribution >= 4 is 11.6 Å². The molecule has 2 aromatic carbocycles. The molecule has 3 nitrogen and oxygen atoms in total. The molecule has 0 aliphatic rings. The molecular weight excluding hydrogens is 260 g/mol. The first kappa shape index (κ1) is 15.3. The molecule has 0 heterocycles. The van der Waals surface area contributed by atoms with E-state index in [1.807, 2.05) is 68.6 Å². The summed E-state index contributed by atoms with van der Waals surface area (Å²) < 4.78 is 0. The first-order valence-electron chi connectivity index (χ1n) is 7.21. The van der Waals surface area contributed by atoms with Crippen LogP contribution in [-0.4, -0.2) is 13.0 Å². The van der Waals surface area contributed by atoms with Crippen molar-refractivity contribution in [1.29, 1.82) is 0 Å². The van der Waals surface area contributed by atoms with Crippen molar-refractivity contribution in [3.05, 3.63) is 65.7 Å². The van der Waals surface area contributed by atoms with E-state index in [1.54, 1.807) is 4.90 Å². The van der Waals surface area contributed by atoms with Crippen LogP contribution in [0.5, 0.6) is 0 Å². The van der Waals surface area contributed by atoms with Crippen molar-refractivity contribution in [1.82, 2.24) is 0 Å². The number of carbonyl (C=O) groups excluding carboxylic acids is 1. The van der Waals surface area contributed by atoms with E-state index in [9.17, 15) is 4.79 Å². The van der Waals surface area contributed by atoms with Crippen molar-refractivity contribution < 1.29 is 4.79 Å². The first-order chi connectivity index (χ1) is 10.1. The second-order valence-electron chi connectivity index (χ2n) is 5.35. The minimum Gasteiger partial charge on any atom is -0.324 e. The topological polar surface area (TPSA) is 46.3 Å². The molecule has 2 rings (SSSR count). The van der Waals surface area contributed by atoms with Gasteiger partial charge in [0.1, 0.15) is 0 Å². The van der Waals surface area contributed by atoms with Gasteiger partial charge in [-0.05, 0) is 36.6 Å². The molecule has 1 unspecified atom stereocenters. The SMILES string of the molecule is Cc1cccc(N(C)C(=O)CCC(N)c2ccccc2)c1. The van der Waals surface area contributed by atoms with Crippen LogP contribution in [0.2, 0.25) is 0 Å². The molecule has 0 fully saturated rings. The summed E-state index contributed by atoms with van der Waals surface area (Å²) in [5.41, 5.74) is 9.28. The summed E-state index contributed by atoms with van der Waals surface area (Å²) in [6.45, 7) is 2.02. The minimum absolute atomic E-state index is 0.0898. The van der Waals surface area contributed by atoms with E-state index in [1.165, 1.54) is 0 Å². The van der Waals surface area contributed by atoms with Crippen molar-refractivity contribution in [2.45, 2.75) is 25.8 Å². The second kappa shape index (κ2) is 7.04. The van der Waals surface area contributed by atoms with Crippen LogP contribution < -0.4 is 10.6 Å². The molecule has 3 heteroatoms. The van der Waals surface area contributed by atoms with E-state index < -0.39 is 0 Å². The summed E-state index contributed by atoms with van der Waals surface area (Å²) >= 11 is 0. The van der Waals surface area contributed by atoms with Crippen LogP contribution in [0.3, 0.4) is 0 Å². The molecule has 0 aromatic heterocycles. The van der Waals surface area contributed by atoms with Crippen LogP contribution in [0.4, 0.5) is 5.69 Å². The molecule has 0 saturated heterocycles. The molecule has 2 N–H and O–H groups in total. The molecular formula is C18H22N2O. The average molecular weight is 282 g/mol. The van der Waals surface area contributed by atoms with Gasteiger partial charge in [0, 0.05) is 25.2 Å². The zero-order valence-electron chi connectivity index (χ0n) is 12.6. The average Bonchev–Trinajstić information content (AvgIpc) is 2.52. The number of amides is 1. The van der Waals surface area contributed by atoms with Crippen molar-refractivity contribution in [3.63, 3.8) is 0 Å². The molecule has 0 saturated carbocycles. The van der Waals surface area contributed by atoms with Gasteiger partial charge in [0.25, 0.3) is 0 Å². The van der Waals surface area contributed by atoms with E-state index in [0.29, 0.717) is 12.8 Å². The van der Waals surface area contributed by atoms with Gasteiger partial charge in [0.2, 0.25) is 5.91 Å². The lowest BCUT2D eigenvalue weighted by atomic mass is 10.0.